The minimum Gasteiger partial charge on any atom is -0.332 e. The van der Waals surface area contributed by atoms with Crippen LogP contribution in [0.2, 0.25) is 10.0 Å². The first-order valence-corrected chi connectivity index (χ1v) is 10.0. The highest BCUT2D eigenvalue weighted by molar-refractivity contribution is 6.39. The summed E-state index contributed by atoms with van der Waals surface area (Å²) in [5, 5.41) is 3.13. The van der Waals surface area contributed by atoms with Gasteiger partial charge in [0, 0.05) is 6.54 Å². The largest absolute Gasteiger partial charge is 0.332 e. The van der Waals surface area contributed by atoms with E-state index in [0.29, 0.717) is 0 Å². The van der Waals surface area contributed by atoms with Gasteiger partial charge < -0.3 is 10.2 Å². The first-order chi connectivity index (χ1) is 14.3. The minimum atomic E-state index is -1.06. The number of nitrogens with zero attached hydrogens (tertiary/aromatic N) is 2. The number of amides is 4. The third-order valence-electron chi connectivity index (χ3n) is 4.83. The van der Waals surface area contributed by atoms with Gasteiger partial charge >= 0.3 is 0 Å². The van der Waals surface area contributed by atoms with Crippen molar-refractivity contribution >= 4 is 52.5 Å². The molecule has 1 aliphatic heterocycles. The number of hydrogen-bond donors (Lipinski definition) is 1. The van der Waals surface area contributed by atoms with Crippen LogP contribution in [-0.4, -0.2) is 52.6 Å². The second-order valence-electron chi connectivity index (χ2n) is 6.70. The van der Waals surface area contributed by atoms with E-state index in [1.165, 1.54) is 11.8 Å². The molecule has 30 heavy (non-hydrogen) atoms. The molecule has 2 aromatic rings. The van der Waals surface area contributed by atoms with Crippen molar-refractivity contribution in [3.05, 3.63) is 63.6 Å². The van der Waals surface area contributed by atoms with Crippen LogP contribution in [0.5, 0.6) is 0 Å². The van der Waals surface area contributed by atoms with Crippen molar-refractivity contribution in [1.82, 2.24) is 9.80 Å². The predicted octanol–water partition coefficient (Wildman–Crippen LogP) is 3.47. The number of benzene rings is 2. The van der Waals surface area contributed by atoms with E-state index in [4.69, 9.17) is 23.2 Å². The Kier molecular flexibility index (Phi) is 6.43. The van der Waals surface area contributed by atoms with Crippen LogP contribution >= 0.6 is 23.2 Å². The van der Waals surface area contributed by atoms with E-state index >= 15 is 0 Å². The van der Waals surface area contributed by atoms with Crippen molar-refractivity contribution in [3.8, 4) is 0 Å². The van der Waals surface area contributed by atoms with Crippen LogP contribution in [0.3, 0.4) is 0 Å². The minimum absolute atomic E-state index is 0.204. The molecule has 156 valence electrons. The van der Waals surface area contributed by atoms with Gasteiger partial charge in [-0.05, 0) is 38.1 Å². The number of fused-ring (bicyclic) bond motifs is 1. The zero-order valence-corrected chi connectivity index (χ0v) is 17.8. The molecule has 0 aliphatic carbocycles. The summed E-state index contributed by atoms with van der Waals surface area (Å²) in [7, 11) is 0. The van der Waals surface area contributed by atoms with E-state index in [0.717, 1.165) is 4.90 Å². The molecule has 0 radical (unpaired) electrons. The smallest absolute Gasteiger partial charge is 0.262 e. The van der Waals surface area contributed by atoms with Crippen LogP contribution in [0.4, 0.5) is 5.69 Å². The molecule has 3 rings (SSSR count). The van der Waals surface area contributed by atoms with E-state index in [9.17, 15) is 19.2 Å². The van der Waals surface area contributed by atoms with Gasteiger partial charge in [-0.25, -0.2) is 0 Å². The van der Waals surface area contributed by atoms with Gasteiger partial charge in [0.15, 0.2) is 0 Å². The fraction of sp³-hybridized carbons (Fsp3) is 0.238. The summed E-state index contributed by atoms with van der Waals surface area (Å²) in [4.78, 5) is 52.9. The maximum atomic E-state index is 13.0. The van der Waals surface area contributed by atoms with Gasteiger partial charge in [0.1, 0.15) is 6.04 Å². The third-order valence-corrected chi connectivity index (χ3v) is 5.46. The first-order valence-electron chi connectivity index (χ1n) is 9.25. The number of anilines is 1. The van der Waals surface area contributed by atoms with Gasteiger partial charge in [-0.2, -0.15) is 0 Å². The number of nitrogens with one attached hydrogen (secondary N) is 1. The Hall–Kier alpha value is -2.90. The van der Waals surface area contributed by atoms with Crippen molar-refractivity contribution < 1.29 is 19.2 Å². The van der Waals surface area contributed by atoms with Crippen molar-refractivity contribution in [3.63, 3.8) is 0 Å². The molecule has 7 nitrogen and oxygen atoms in total. The summed E-state index contributed by atoms with van der Waals surface area (Å²) in [5.74, 6) is -2.08. The van der Waals surface area contributed by atoms with Crippen LogP contribution in [0.15, 0.2) is 42.5 Å². The maximum absolute atomic E-state index is 13.0. The lowest BCUT2D eigenvalue weighted by molar-refractivity contribution is -0.137. The lowest BCUT2D eigenvalue weighted by Gasteiger charge is -2.28. The number of carbonyl (C=O) groups excluding carboxylic acids is 4. The van der Waals surface area contributed by atoms with Gasteiger partial charge in [0.25, 0.3) is 11.8 Å². The van der Waals surface area contributed by atoms with Crippen LogP contribution in [0, 0.1) is 0 Å². The highest BCUT2D eigenvalue weighted by Gasteiger charge is 2.41. The second-order valence-corrected chi connectivity index (χ2v) is 7.51. The molecular weight excluding hydrogens is 429 g/mol. The molecule has 0 saturated heterocycles. The van der Waals surface area contributed by atoms with Crippen LogP contribution in [-0.2, 0) is 9.59 Å². The van der Waals surface area contributed by atoms with Gasteiger partial charge in [-0.3, -0.25) is 24.1 Å². The lowest BCUT2D eigenvalue weighted by Crippen LogP contribution is -2.51. The fourth-order valence-electron chi connectivity index (χ4n) is 3.25. The van der Waals surface area contributed by atoms with Crippen molar-refractivity contribution in [2.75, 3.05) is 18.4 Å². The molecule has 1 aliphatic rings. The lowest BCUT2D eigenvalue weighted by atomic mass is 10.1. The molecule has 1 heterocycles. The molecular formula is C21H19Cl2N3O4. The van der Waals surface area contributed by atoms with Crippen molar-refractivity contribution in [2.45, 2.75) is 19.9 Å². The highest BCUT2D eigenvalue weighted by atomic mass is 35.5. The Morgan fingerprint density at radius 3 is 2.03 bits per heavy atom. The Morgan fingerprint density at radius 2 is 1.53 bits per heavy atom. The summed E-state index contributed by atoms with van der Waals surface area (Å²) in [6.07, 6.45) is 0. The summed E-state index contributed by atoms with van der Waals surface area (Å²) in [6, 6.07) is 10.1. The molecule has 1 atom stereocenters. The number of para-hydroxylation sites is 1. The maximum Gasteiger partial charge on any atom is 0.262 e. The predicted molar refractivity (Wildman–Crippen MR) is 114 cm³/mol. The molecule has 0 bridgehead atoms. The molecule has 2 aromatic carbocycles. The fourth-order valence-corrected chi connectivity index (χ4v) is 3.74. The van der Waals surface area contributed by atoms with Crippen LogP contribution in [0.1, 0.15) is 34.6 Å². The standard InChI is InChI=1S/C21H19Cl2N3O4/c1-3-25(11-17(27)24-18-15(22)9-6-10-16(18)23)19(28)12(2)26-20(29)13-7-4-5-8-14(13)21(26)30/h4-10,12H,3,11H2,1-2H3,(H,24,27). The van der Waals surface area contributed by atoms with Gasteiger partial charge in [0.05, 0.1) is 33.4 Å². The highest BCUT2D eigenvalue weighted by Crippen LogP contribution is 2.30. The van der Waals surface area contributed by atoms with Crippen LogP contribution in [0.25, 0.3) is 0 Å². The summed E-state index contributed by atoms with van der Waals surface area (Å²) >= 11 is 12.1. The quantitative estimate of drug-likeness (QED) is 0.686. The first kappa shape index (κ1) is 21.8. The summed E-state index contributed by atoms with van der Waals surface area (Å²) in [5.41, 5.74) is 0.773. The molecule has 9 heteroatoms. The third kappa shape index (κ3) is 4.04. The monoisotopic (exact) mass is 447 g/mol. The number of likely N-dealkylation sites (N-methyl/N-ethyl adjacent to an activating group) is 1. The molecule has 1 unspecified atom stereocenters. The van der Waals surface area contributed by atoms with E-state index in [-0.39, 0.29) is 39.9 Å². The van der Waals surface area contributed by atoms with Gasteiger partial charge in [-0.1, -0.05) is 41.4 Å². The number of rotatable bonds is 6. The molecule has 0 aromatic heterocycles. The van der Waals surface area contributed by atoms with Crippen molar-refractivity contribution in [1.29, 1.82) is 0 Å². The van der Waals surface area contributed by atoms with E-state index in [1.54, 1.807) is 49.4 Å². The van der Waals surface area contributed by atoms with E-state index in [2.05, 4.69) is 5.32 Å². The number of carbonyl (C=O) groups is 4. The number of halogens is 2. The average molecular weight is 448 g/mol. The van der Waals surface area contributed by atoms with Gasteiger partial charge in [-0.15, -0.1) is 0 Å². The molecule has 1 N–H and O–H groups in total. The Balaban J connectivity index is 1.72. The summed E-state index contributed by atoms with van der Waals surface area (Å²) in [6.45, 7) is 3.08. The second kappa shape index (κ2) is 8.85. The average Bonchev–Trinajstić information content (AvgIpc) is 2.98. The zero-order chi connectivity index (χ0) is 22.0. The number of imide groups is 1. The SMILES string of the molecule is CCN(CC(=O)Nc1c(Cl)cccc1Cl)C(=O)C(C)N1C(=O)c2ccccc2C1=O. The Bertz CT molecular complexity index is 985. The molecule has 0 spiro atoms. The van der Waals surface area contributed by atoms with E-state index in [1.807, 2.05) is 0 Å². The topological polar surface area (TPSA) is 86.8 Å². The normalized spacial score (nSPS) is 13.8. The Labute approximate surface area is 183 Å². The van der Waals surface area contributed by atoms with Crippen molar-refractivity contribution in [2.24, 2.45) is 0 Å². The zero-order valence-electron chi connectivity index (χ0n) is 16.3. The number of hydrogen-bond acceptors (Lipinski definition) is 4. The molecule has 4 amide bonds. The van der Waals surface area contributed by atoms with Crippen LogP contribution < -0.4 is 5.32 Å². The molecule has 0 saturated carbocycles. The Morgan fingerprint density at radius 1 is 1.00 bits per heavy atom. The molecule has 0 fully saturated rings. The van der Waals surface area contributed by atoms with E-state index < -0.39 is 29.7 Å². The summed E-state index contributed by atoms with van der Waals surface area (Å²) < 4.78 is 0. The van der Waals surface area contributed by atoms with Gasteiger partial charge in [0.2, 0.25) is 11.8 Å².